The fourth-order valence-corrected chi connectivity index (χ4v) is 4.18. The first kappa shape index (κ1) is 15.4. The first-order chi connectivity index (χ1) is 10.6. The van der Waals surface area contributed by atoms with Gasteiger partial charge in [0.2, 0.25) is 5.12 Å². The molecular formula is C17H18FNO2S. The largest absolute Gasteiger partial charge is 0.298 e. The summed E-state index contributed by atoms with van der Waals surface area (Å²) in [5.41, 5.74) is 1.50. The Morgan fingerprint density at radius 2 is 2.23 bits per heavy atom. The van der Waals surface area contributed by atoms with Gasteiger partial charge in [-0.15, -0.1) is 0 Å². The van der Waals surface area contributed by atoms with Crippen LogP contribution in [0.5, 0.6) is 0 Å². The standard InChI is InChI=1S/C17H18FNO2S/c1-2-14(20)17(12-5-3-4-6-13(12)18)19-8-7-15-11(10-19)9-16(21)22-15/h3-6,9,15,17H,2,7-8,10H2,1H3. The second-order valence-corrected chi connectivity index (χ2v) is 6.85. The van der Waals surface area contributed by atoms with Crippen LogP contribution in [-0.2, 0) is 9.59 Å². The van der Waals surface area contributed by atoms with E-state index < -0.39 is 6.04 Å². The lowest BCUT2D eigenvalue weighted by Gasteiger charge is -2.36. The van der Waals surface area contributed by atoms with Crippen LogP contribution in [0, 0.1) is 5.82 Å². The monoisotopic (exact) mass is 319 g/mol. The molecule has 1 aromatic carbocycles. The highest BCUT2D eigenvalue weighted by Gasteiger charge is 2.36. The smallest absolute Gasteiger partial charge is 0.212 e. The average molecular weight is 319 g/mol. The molecule has 1 saturated heterocycles. The number of nitrogens with zero attached hydrogens (tertiary/aromatic N) is 1. The van der Waals surface area contributed by atoms with Crippen LogP contribution in [-0.4, -0.2) is 34.1 Å². The molecule has 2 unspecified atom stereocenters. The lowest BCUT2D eigenvalue weighted by molar-refractivity contribution is -0.124. The zero-order valence-electron chi connectivity index (χ0n) is 12.4. The minimum atomic E-state index is -0.561. The van der Waals surface area contributed by atoms with Crippen LogP contribution in [0.2, 0.25) is 0 Å². The number of halogens is 1. The van der Waals surface area contributed by atoms with Crippen molar-refractivity contribution in [3.63, 3.8) is 0 Å². The third-order valence-electron chi connectivity index (χ3n) is 4.26. The van der Waals surface area contributed by atoms with Crippen LogP contribution in [0.1, 0.15) is 31.4 Å². The molecule has 2 aliphatic heterocycles. The number of fused-ring (bicyclic) bond motifs is 1. The Balaban J connectivity index is 1.91. The van der Waals surface area contributed by atoms with Crippen molar-refractivity contribution in [1.29, 1.82) is 0 Å². The molecule has 2 atom stereocenters. The second kappa shape index (κ2) is 6.34. The van der Waals surface area contributed by atoms with E-state index in [4.69, 9.17) is 0 Å². The molecule has 0 bridgehead atoms. The molecular weight excluding hydrogens is 301 g/mol. The van der Waals surface area contributed by atoms with Gasteiger partial charge in [-0.25, -0.2) is 4.39 Å². The number of hydrogen-bond donors (Lipinski definition) is 0. The van der Waals surface area contributed by atoms with Gasteiger partial charge in [-0.2, -0.15) is 0 Å². The predicted molar refractivity (Wildman–Crippen MR) is 85.1 cm³/mol. The van der Waals surface area contributed by atoms with Crippen LogP contribution in [0.4, 0.5) is 4.39 Å². The zero-order valence-corrected chi connectivity index (χ0v) is 13.2. The summed E-state index contributed by atoms with van der Waals surface area (Å²) < 4.78 is 14.2. The van der Waals surface area contributed by atoms with E-state index in [1.165, 1.54) is 17.8 Å². The third kappa shape index (κ3) is 2.88. The van der Waals surface area contributed by atoms with Crippen LogP contribution in [0.15, 0.2) is 35.9 Å². The Morgan fingerprint density at radius 3 is 2.95 bits per heavy atom. The summed E-state index contributed by atoms with van der Waals surface area (Å²) in [5, 5.41) is 0.327. The number of benzene rings is 1. The summed E-state index contributed by atoms with van der Waals surface area (Å²) in [6, 6.07) is 5.91. The summed E-state index contributed by atoms with van der Waals surface area (Å²) in [7, 11) is 0. The van der Waals surface area contributed by atoms with Gasteiger partial charge < -0.3 is 0 Å². The van der Waals surface area contributed by atoms with Crippen molar-refractivity contribution in [2.45, 2.75) is 31.1 Å². The molecule has 2 heterocycles. The number of piperidine rings is 1. The van der Waals surface area contributed by atoms with E-state index in [-0.39, 0.29) is 22.0 Å². The molecule has 0 aliphatic carbocycles. The van der Waals surface area contributed by atoms with E-state index >= 15 is 0 Å². The molecule has 0 saturated carbocycles. The van der Waals surface area contributed by atoms with E-state index in [9.17, 15) is 14.0 Å². The third-order valence-corrected chi connectivity index (χ3v) is 5.43. The molecule has 1 fully saturated rings. The highest BCUT2D eigenvalue weighted by Crippen LogP contribution is 2.38. The van der Waals surface area contributed by atoms with Crippen LogP contribution < -0.4 is 0 Å². The Labute approximate surface area is 133 Å². The molecule has 0 spiro atoms. The molecule has 2 aliphatic rings. The number of rotatable bonds is 4. The highest BCUT2D eigenvalue weighted by atomic mass is 32.2. The minimum absolute atomic E-state index is 0.0149. The average Bonchev–Trinajstić information content (AvgIpc) is 2.88. The first-order valence-electron chi connectivity index (χ1n) is 7.52. The van der Waals surface area contributed by atoms with Crippen LogP contribution >= 0.6 is 11.8 Å². The Morgan fingerprint density at radius 1 is 1.45 bits per heavy atom. The number of carbonyl (C=O) groups is 2. The summed E-state index contributed by atoms with van der Waals surface area (Å²) >= 11 is 1.36. The van der Waals surface area contributed by atoms with Crippen molar-refractivity contribution >= 4 is 22.7 Å². The molecule has 3 rings (SSSR count). The lowest BCUT2D eigenvalue weighted by atomic mass is 9.94. The number of likely N-dealkylation sites (tertiary alicyclic amines) is 1. The molecule has 116 valence electrons. The highest BCUT2D eigenvalue weighted by molar-refractivity contribution is 8.15. The van der Waals surface area contributed by atoms with Crippen molar-refractivity contribution in [2.75, 3.05) is 13.1 Å². The molecule has 5 heteroatoms. The summed E-state index contributed by atoms with van der Waals surface area (Å²) in [5.74, 6) is -0.330. The number of hydrogen-bond acceptors (Lipinski definition) is 4. The van der Waals surface area contributed by atoms with Crippen LogP contribution in [0.3, 0.4) is 0 Å². The summed E-state index contributed by atoms with van der Waals surface area (Å²) in [4.78, 5) is 26.0. The van der Waals surface area contributed by atoms with Gasteiger partial charge in [0, 0.05) is 30.3 Å². The topological polar surface area (TPSA) is 37.4 Å². The fourth-order valence-electron chi connectivity index (χ4n) is 3.17. The maximum absolute atomic E-state index is 14.2. The number of carbonyl (C=O) groups excluding carboxylic acids is 2. The fraction of sp³-hybridized carbons (Fsp3) is 0.412. The summed E-state index contributed by atoms with van der Waals surface area (Å²) in [6.45, 7) is 3.07. The van der Waals surface area contributed by atoms with E-state index in [2.05, 4.69) is 0 Å². The second-order valence-electron chi connectivity index (χ2n) is 5.65. The van der Waals surface area contributed by atoms with E-state index in [0.717, 1.165) is 12.0 Å². The Hall–Kier alpha value is -1.46. The normalized spacial score (nSPS) is 23.1. The van der Waals surface area contributed by atoms with Crippen molar-refractivity contribution < 1.29 is 14.0 Å². The zero-order chi connectivity index (χ0) is 15.7. The first-order valence-corrected chi connectivity index (χ1v) is 8.40. The molecule has 0 aromatic heterocycles. The van der Waals surface area contributed by atoms with E-state index in [1.54, 1.807) is 31.2 Å². The van der Waals surface area contributed by atoms with Crippen molar-refractivity contribution in [2.24, 2.45) is 0 Å². The van der Waals surface area contributed by atoms with E-state index in [0.29, 0.717) is 25.1 Å². The van der Waals surface area contributed by atoms with Crippen LogP contribution in [0.25, 0.3) is 0 Å². The van der Waals surface area contributed by atoms with Gasteiger partial charge in [0.15, 0.2) is 5.78 Å². The van der Waals surface area contributed by atoms with Gasteiger partial charge in [0.25, 0.3) is 0 Å². The van der Waals surface area contributed by atoms with Gasteiger partial charge in [-0.3, -0.25) is 14.5 Å². The van der Waals surface area contributed by atoms with Crippen molar-refractivity contribution in [3.8, 4) is 0 Å². The molecule has 3 nitrogen and oxygen atoms in total. The quantitative estimate of drug-likeness (QED) is 0.854. The maximum atomic E-state index is 14.2. The lowest BCUT2D eigenvalue weighted by Crippen LogP contribution is -2.41. The maximum Gasteiger partial charge on any atom is 0.212 e. The summed E-state index contributed by atoms with van der Waals surface area (Å²) in [6.07, 6.45) is 2.87. The molecule has 0 amide bonds. The Kier molecular flexibility index (Phi) is 4.45. The molecule has 22 heavy (non-hydrogen) atoms. The van der Waals surface area contributed by atoms with Gasteiger partial charge >= 0.3 is 0 Å². The molecule has 1 aromatic rings. The van der Waals surface area contributed by atoms with E-state index in [1.807, 2.05) is 4.90 Å². The van der Waals surface area contributed by atoms with Gasteiger partial charge in [-0.1, -0.05) is 36.9 Å². The van der Waals surface area contributed by atoms with Crippen molar-refractivity contribution in [3.05, 3.63) is 47.3 Å². The number of ketones is 1. The predicted octanol–water partition coefficient (Wildman–Crippen LogP) is 3.12. The number of thioether (sulfide) groups is 1. The number of Topliss-reactive ketones (excluding diaryl/α,β-unsaturated/α-hetero) is 1. The van der Waals surface area contributed by atoms with Gasteiger partial charge in [-0.05, 0) is 24.1 Å². The van der Waals surface area contributed by atoms with Gasteiger partial charge in [0.1, 0.15) is 5.82 Å². The SMILES string of the molecule is CCC(=O)C(c1ccccc1F)N1CCC2SC(=O)C=C2C1. The Bertz CT molecular complexity index is 643. The van der Waals surface area contributed by atoms with Crippen molar-refractivity contribution in [1.82, 2.24) is 4.90 Å². The molecule has 0 N–H and O–H groups in total. The molecule has 0 radical (unpaired) electrons. The van der Waals surface area contributed by atoms with Gasteiger partial charge in [0.05, 0.1) is 6.04 Å². The minimum Gasteiger partial charge on any atom is -0.298 e.